The summed E-state index contributed by atoms with van der Waals surface area (Å²) in [6, 6.07) is 13.0. The molecule has 0 spiro atoms. The molecule has 2 aromatic carbocycles. The lowest BCUT2D eigenvalue weighted by molar-refractivity contribution is 0.0794. The van der Waals surface area contributed by atoms with E-state index in [1.54, 1.807) is 6.07 Å². The highest BCUT2D eigenvalue weighted by atomic mass is 19.1. The van der Waals surface area contributed by atoms with Gasteiger partial charge in [-0.15, -0.1) is 0 Å². The molecule has 1 aliphatic heterocycles. The average Bonchev–Trinajstić information content (AvgIpc) is 3.15. The van der Waals surface area contributed by atoms with Crippen LogP contribution in [0.25, 0.3) is 22.2 Å². The van der Waals surface area contributed by atoms with E-state index in [9.17, 15) is 14.3 Å². The van der Waals surface area contributed by atoms with Gasteiger partial charge in [-0.25, -0.2) is 9.37 Å². The van der Waals surface area contributed by atoms with Crippen LogP contribution < -0.4 is 0 Å². The summed E-state index contributed by atoms with van der Waals surface area (Å²) in [6.07, 6.45) is 2.02. The summed E-state index contributed by atoms with van der Waals surface area (Å²) in [5, 5.41) is 10.2. The summed E-state index contributed by atoms with van der Waals surface area (Å²) >= 11 is 0. The highest BCUT2D eigenvalue weighted by Gasteiger charge is 2.23. The number of fused-ring (bicyclic) bond motifs is 1. The van der Waals surface area contributed by atoms with E-state index in [2.05, 4.69) is 4.98 Å². The van der Waals surface area contributed by atoms with Gasteiger partial charge in [0.25, 0.3) is 5.91 Å². The molecule has 1 saturated heterocycles. The molecular formula is C20H17FN2O2. The van der Waals surface area contributed by atoms with Gasteiger partial charge in [-0.2, -0.15) is 0 Å². The second kappa shape index (κ2) is 6.16. The van der Waals surface area contributed by atoms with Crippen molar-refractivity contribution in [3.05, 3.63) is 59.9 Å². The second-order valence-electron chi connectivity index (χ2n) is 6.24. The summed E-state index contributed by atoms with van der Waals surface area (Å²) < 4.78 is 14.3. The first-order valence-corrected chi connectivity index (χ1v) is 8.31. The first kappa shape index (κ1) is 15.6. The van der Waals surface area contributed by atoms with Gasteiger partial charge in [-0.05, 0) is 37.1 Å². The van der Waals surface area contributed by atoms with Crippen LogP contribution in [0.1, 0.15) is 23.2 Å². The Morgan fingerprint density at radius 3 is 2.60 bits per heavy atom. The van der Waals surface area contributed by atoms with Gasteiger partial charge in [-0.3, -0.25) is 4.79 Å². The Hall–Kier alpha value is -2.95. The largest absolute Gasteiger partial charge is 0.508 e. The summed E-state index contributed by atoms with van der Waals surface area (Å²) in [5.41, 5.74) is 1.84. The van der Waals surface area contributed by atoms with Crippen molar-refractivity contribution in [3.63, 3.8) is 0 Å². The summed E-state index contributed by atoms with van der Waals surface area (Å²) in [4.78, 5) is 19.3. The number of pyridine rings is 1. The van der Waals surface area contributed by atoms with Gasteiger partial charge < -0.3 is 10.0 Å². The Morgan fingerprint density at radius 1 is 1.08 bits per heavy atom. The predicted molar refractivity (Wildman–Crippen MR) is 93.9 cm³/mol. The monoisotopic (exact) mass is 336 g/mol. The van der Waals surface area contributed by atoms with Gasteiger partial charge in [0.15, 0.2) is 0 Å². The van der Waals surface area contributed by atoms with Gasteiger partial charge in [0.2, 0.25) is 0 Å². The lowest BCUT2D eigenvalue weighted by atomic mass is 10.0. The average molecular weight is 336 g/mol. The molecule has 0 atom stereocenters. The molecule has 0 bridgehead atoms. The van der Waals surface area contributed by atoms with Crippen molar-refractivity contribution in [2.24, 2.45) is 0 Å². The van der Waals surface area contributed by atoms with E-state index in [-0.39, 0.29) is 17.2 Å². The van der Waals surface area contributed by atoms with Crippen LogP contribution in [0, 0.1) is 5.82 Å². The zero-order valence-corrected chi connectivity index (χ0v) is 13.6. The van der Waals surface area contributed by atoms with Crippen molar-refractivity contribution in [3.8, 4) is 17.0 Å². The van der Waals surface area contributed by atoms with Gasteiger partial charge >= 0.3 is 0 Å². The fourth-order valence-electron chi connectivity index (χ4n) is 3.29. The molecule has 0 unspecified atom stereocenters. The second-order valence-corrected chi connectivity index (χ2v) is 6.24. The highest BCUT2D eigenvalue weighted by molar-refractivity contribution is 6.07. The molecule has 1 amide bonds. The number of hydrogen-bond acceptors (Lipinski definition) is 3. The third-order valence-corrected chi connectivity index (χ3v) is 4.57. The first-order chi connectivity index (χ1) is 12.1. The Morgan fingerprint density at radius 2 is 1.84 bits per heavy atom. The molecule has 1 aromatic heterocycles. The molecule has 0 saturated carbocycles. The van der Waals surface area contributed by atoms with E-state index >= 15 is 0 Å². The minimum atomic E-state index is -0.567. The number of carbonyl (C=O) groups excluding carboxylic acids is 1. The standard InChI is InChI=1S/C20H17FN2O2/c21-17-11-13(24)7-8-15(17)19-12-16(20(25)23-9-3-4-10-23)14-5-1-2-6-18(14)22-19/h1-2,5-8,11-12,24H,3-4,9-10H2. The number of para-hydroxylation sites is 1. The maximum Gasteiger partial charge on any atom is 0.254 e. The van der Waals surface area contributed by atoms with Crippen molar-refractivity contribution in [2.75, 3.05) is 13.1 Å². The topological polar surface area (TPSA) is 53.4 Å². The van der Waals surface area contributed by atoms with E-state index in [4.69, 9.17) is 0 Å². The number of carbonyl (C=O) groups is 1. The zero-order valence-electron chi connectivity index (χ0n) is 13.6. The number of aromatic nitrogens is 1. The maximum absolute atomic E-state index is 14.3. The highest BCUT2D eigenvalue weighted by Crippen LogP contribution is 2.29. The molecular weight excluding hydrogens is 319 g/mol. The number of halogens is 1. The number of benzene rings is 2. The summed E-state index contributed by atoms with van der Waals surface area (Å²) in [6.45, 7) is 1.50. The van der Waals surface area contributed by atoms with Gasteiger partial charge in [0, 0.05) is 30.1 Å². The Labute approximate surface area is 144 Å². The number of rotatable bonds is 2. The molecule has 1 N–H and O–H groups in total. The number of amides is 1. The van der Waals surface area contributed by atoms with E-state index in [0.717, 1.165) is 37.4 Å². The number of hydrogen-bond donors (Lipinski definition) is 1. The third-order valence-electron chi connectivity index (χ3n) is 4.57. The minimum absolute atomic E-state index is 0.0449. The van der Waals surface area contributed by atoms with Crippen molar-refractivity contribution in [1.29, 1.82) is 0 Å². The lowest BCUT2D eigenvalue weighted by Gasteiger charge is -2.17. The molecule has 25 heavy (non-hydrogen) atoms. The Kier molecular flexibility index (Phi) is 3.84. The normalized spacial score (nSPS) is 14.2. The van der Waals surface area contributed by atoms with E-state index in [1.807, 2.05) is 29.2 Å². The van der Waals surface area contributed by atoms with Crippen molar-refractivity contribution >= 4 is 16.8 Å². The van der Waals surface area contributed by atoms with Crippen LogP contribution in [0.15, 0.2) is 48.5 Å². The quantitative estimate of drug-likeness (QED) is 0.770. The molecule has 4 rings (SSSR count). The Balaban J connectivity index is 1.90. The zero-order chi connectivity index (χ0) is 17.4. The van der Waals surface area contributed by atoms with Gasteiger partial charge in [-0.1, -0.05) is 18.2 Å². The predicted octanol–water partition coefficient (Wildman–Crippen LogP) is 3.98. The summed E-state index contributed by atoms with van der Waals surface area (Å²) in [7, 11) is 0. The van der Waals surface area contributed by atoms with Crippen LogP contribution in [0.5, 0.6) is 5.75 Å². The minimum Gasteiger partial charge on any atom is -0.508 e. The summed E-state index contributed by atoms with van der Waals surface area (Å²) in [5.74, 6) is -0.755. The SMILES string of the molecule is O=C(c1cc(-c2ccc(O)cc2F)nc2ccccc12)N1CCCC1. The van der Waals surface area contributed by atoms with E-state index in [1.165, 1.54) is 12.1 Å². The molecule has 126 valence electrons. The number of phenols is 1. The molecule has 2 heterocycles. The number of nitrogens with zero attached hydrogens (tertiary/aromatic N) is 2. The van der Waals surface area contributed by atoms with Crippen LogP contribution in [-0.2, 0) is 0 Å². The molecule has 1 fully saturated rings. The third kappa shape index (κ3) is 2.82. The molecule has 0 aliphatic carbocycles. The van der Waals surface area contributed by atoms with Gasteiger partial charge in [0.05, 0.1) is 16.8 Å². The lowest BCUT2D eigenvalue weighted by Crippen LogP contribution is -2.27. The molecule has 5 heteroatoms. The fourth-order valence-corrected chi connectivity index (χ4v) is 3.29. The molecule has 0 radical (unpaired) electrons. The van der Waals surface area contributed by atoms with Crippen LogP contribution >= 0.6 is 0 Å². The number of likely N-dealkylation sites (tertiary alicyclic amines) is 1. The molecule has 1 aliphatic rings. The fraction of sp³-hybridized carbons (Fsp3) is 0.200. The molecule has 3 aromatic rings. The van der Waals surface area contributed by atoms with Crippen LogP contribution in [-0.4, -0.2) is 34.0 Å². The van der Waals surface area contributed by atoms with Gasteiger partial charge in [0.1, 0.15) is 11.6 Å². The number of phenolic OH excluding ortho intramolecular Hbond substituents is 1. The van der Waals surface area contributed by atoms with Crippen molar-refractivity contribution in [2.45, 2.75) is 12.8 Å². The first-order valence-electron chi connectivity index (χ1n) is 8.31. The van der Waals surface area contributed by atoms with Crippen molar-refractivity contribution < 1.29 is 14.3 Å². The van der Waals surface area contributed by atoms with Crippen molar-refractivity contribution in [1.82, 2.24) is 9.88 Å². The van der Waals surface area contributed by atoms with Crippen LogP contribution in [0.3, 0.4) is 0 Å². The molecule has 4 nitrogen and oxygen atoms in total. The Bertz CT molecular complexity index is 965. The van der Waals surface area contributed by atoms with Crippen LogP contribution in [0.4, 0.5) is 4.39 Å². The van der Waals surface area contributed by atoms with E-state index in [0.29, 0.717) is 16.8 Å². The number of aromatic hydroxyl groups is 1. The van der Waals surface area contributed by atoms with Crippen LogP contribution in [0.2, 0.25) is 0 Å². The maximum atomic E-state index is 14.3. The van der Waals surface area contributed by atoms with E-state index < -0.39 is 5.82 Å². The smallest absolute Gasteiger partial charge is 0.254 e.